The highest BCUT2D eigenvalue weighted by Gasteiger charge is 2.10. The highest BCUT2D eigenvalue weighted by Crippen LogP contribution is 2.23. The molecule has 0 radical (unpaired) electrons. The molecule has 2 heterocycles. The van der Waals surface area contributed by atoms with Gasteiger partial charge in [0.1, 0.15) is 5.15 Å². The van der Waals surface area contributed by atoms with E-state index in [1.54, 1.807) is 10.9 Å². The van der Waals surface area contributed by atoms with Gasteiger partial charge in [-0.2, -0.15) is 5.10 Å². The van der Waals surface area contributed by atoms with Crippen LogP contribution in [0.2, 0.25) is 5.15 Å². The number of aryl methyl sites for hydroxylation is 1. The van der Waals surface area contributed by atoms with E-state index in [2.05, 4.69) is 10.1 Å². The van der Waals surface area contributed by atoms with Crippen LogP contribution in [0.4, 0.5) is 0 Å². The van der Waals surface area contributed by atoms with Crippen molar-refractivity contribution >= 4 is 11.6 Å². The van der Waals surface area contributed by atoms with Gasteiger partial charge in [0.25, 0.3) is 0 Å². The third-order valence-electron chi connectivity index (χ3n) is 2.85. The van der Waals surface area contributed by atoms with E-state index in [-0.39, 0.29) is 0 Å². The van der Waals surface area contributed by atoms with Crippen molar-refractivity contribution in [2.45, 2.75) is 6.92 Å². The molecule has 1 aromatic carbocycles. The maximum absolute atomic E-state index is 6.24. The van der Waals surface area contributed by atoms with Crippen molar-refractivity contribution < 1.29 is 0 Å². The third kappa shape index (κ3) is 2.37. The standard InChI is InChI=1S/C15H12ClN3/c1-11-7-8-17-15(9-11)19-14(16)10-13(18-19)12-5-3-2-4-6-12/h2-10H,1H3. The van der Waals surface area contributed by atoms with E-state index < -0.39 is 0 Å². The first-order chi connectivity index (χ1) is 9.24. The number of rotatable bonds is 2. The van der Waals surface area contributed by atoms with Crippen LogP contribution >= 0.6 is 11.6 Å². The molecule has 0 N–H and O–H groups in total. The number of pyridine rings is 1. The quantitative estimate of drug-likeness (QED) is 0.706. The summed E-state index contributed by atoms with van der Waals surface area (Å²) in [5, 5.41) is 5.07. The zero-order chi connectivity index (χ0) is 13.2. The summed E-state index contributed by atoms with van der Waals surface area (Å²) in [4.78, 5) is 4.29. The van der Waals surface area contributed by atoms with Crippen LogP contribution in [0.25, 0.3) is 17.1 Å². The Morgan fingerprint density at radius 1 is 1.05 bits per heavy atom. The van der Waals surface area contributed by atoms with Gasteiger partial charge in [0.15, 0.2) is 5.82 Å². The zero-order valence-corrected chi connectivity index (χ0v) is 11.2. The molecular weight excluding hydrogens is 258 g/mol. The van der Waals surface area contributed by atoms with E-state index in [1.807, 2.05) is 55.5 Å². The monoisotopic (exact) mass is 269 g/mol. The lowest BCUT2D eigenvalue weighted by Gasteiger charge is -2.02. The van der Waals surface area contributed by atoms with Crippen molar-refractivity contribution in [1.82, 2.24) is 14.8 Å². The summed E-state index contributed by atoms with van der Waals surface area (Å²) < 4.78 is 1.65. The van der Waals surface area contributed by atoms with E-state index in [1.165, 1.54) is 0 Å². The van der Waals surface area contributed by atoms with E-state index in [9.17, 15) is 0 Å². The molecule has 94 valence electrons. The molecule has 2 aromatic heterocycles. The van der Waals surface area contributed by atoms with Crippen LogP contribution < -0.4 is 0 Å². The summed E-state index contributed by atoms with van der Waals surface area (Å²) in [5.41, 5.74) is 3.00. The lowest BCUT2D eigenvalue weighted by Crippen LogP contribution is -1.99. The highest BCUT2D eigenvalue weighted by atomic mass is 35.5. The maximum atomic E-state index is 6.24. The van der Waals surface area contributed by atoms with Crippen LogP contribution in [0, 0.1) is 6.92 Å². The normalized spacial score (nSPS) is 10.6. The summed E-state index contributed by atoms with van der Waals surface area (Å²) in [7, 11) is 0. The van der Waals surface area contributed by atoms with Gasteiger partial charge in [-0.1, -0.05) is 41.9 Å². The average molecular weight is 270 g/mol. The van der Waals surface area contributed by atoms with Gasteiger partial charge in [-0.15, -0.1) is 0 Å². The zero-order valence-electron chi connectivity index (χ0n) is 10.4. The van der Waals surface area contributed by atoms with Crippen LogP contribution in [0.5, 0.6) is 0 Å². The summed E-state index contributed by atoms with van der Waals surface area (Å²) in [6.45, 7) is 2.01. The fraction of sp³-hybridized carbons (Fsp3) is 0.0667. The number of halogens is 1. The van der Waals surface area contributed by atoms with Crippen molar-refractivity contribution in [2.75, 3.05) is 0 Å². The van der Waals surface area contributed by atoms with Crippen molar-refractivity contribution in [2.24, 2.45) is 0 Å². The Labute approximate surface area is 116 Å². The molecule has 0 aliphatic carbocycles. The number of benzene rings is 1. The lowest BCUT2D eigenvalue weighted by atomic mass is 10.2. The summed E-state index contributed by atoms with van der Waals surface area (Å²) in [5.74, 6) is 0.729. The molecule has 0 spiro atoms. The molecule has 0 aliphatic rings. The molecule has 0 saturated carbocycles. The molecule has 0 atom stereocenters. The first kappa shape index (κ1) is 11.9. The first-order valence-corrected chi connectivity index (χ1v) is 6.36. The van der Waals surface area contributed by atoms with Crippen molar-refractivity contribution in [1.29, 1.82) is 0 Å². The van der Waals surface area contributed by atoms with E-state index in [0.717, 1.165) is 22.6 Å². The smallest absolute Gasteiger partial charge is 0.155 e. The maximum Gasteiger partial charge on any atom is 0.155 e. The van der Waals surface area contributed by atoms with Gasteiger partial charge in [-0.05, 0) is 24.6 Å². The lowest BCUT2D eigenvalue weighted by molar-refractivity contribution is 0.849. The summed E-state index contributed by atoms with van der Waals surface area (Å²) in [6.07, 6.45) is 1.75. The van der Waals surface area contributed by atoms with Crippen LogP contribution in [-0.2, 0) is 0 Å². The van der Waals surface area contributed by atoms with Gasteiger partial charge in [0.05, 0.1) is 5.69 Å². The van der Waals surface area contributed by atoms with Crippen molar-refractivity contribution in [3.63, 3.8) is 0 Å². The number of hydrogen-bond acceptors (Lipinski definition) is 2. The van der Waals surface area contributed by atoms with Crippen molar-refractivity contribution in [3.8, 4) is 17.1 Å². The minimum atomic E-state index is 0.553. The van der Waals surface area contributed by atoms with E-state index in [0.29, 0.717) is 5.15 Å². The van der Waals surface area contributed by atoms with Gasteiger partial charge in [0.2, 0.25) is 0 Å². The molecule has 0 aliphatic heterocycles. The molecule has 4 heteroatoms. The predicted octanol–water partition coefficient (Wildman–Crippen LogP) is 3.90. The molecule has 3 nitrogen and oxygen atoms in total. The molecular formula is C15H12ClN3. The second-order valence-electron chi connectivity index (χ2n) is 4.32. The summed E-state index contributed by atoms with van der Waals surface area (Å²) in [6, 6.07) is 15.7. The SMILES string of the molecule is Cc1ccnc(-n2nc(-c3ccccc3)cc2Cl)c1. The first-order valence-electron chi connectivity index (χ1n) is 5.98. The number of aromatic nitrogens is 3. The molecule has 3 aromatic rings. The average Bonchev–Trinajstić information content (AvgIpc) is 2.82. The Morgan fingerprint density at radius 3 is 2.58 bits per heavy atom. The summed E-state index contributed by atoms with van der Waals surface area (Å²) >= 11 is 6.24. The Balaban J connectivity index is 2.08. The van der Waals surface area contributed by atoms with E-state index >= 15 is 0 Å². The number of nitrogens with zero attached hydrogens (tertiary/aromatic N) is 3. The molecule has 0 bridgehead atoms. The second kappa shape index (κ2) is 4.86. The topological polar surface area (TPSA) is 30.7 Å². The second-order valence-corrected chi connectivity index (χ2v) is 4.71. The van der Waals surface area contributed by atoms with Gasteiger partial charge in [-0.25, -0.2) is 9.67 Å². The van der Waals surface area contributed by atoms with Crippen LogP contribution in [0.15, 0.2) is 54.7 Å². The molecule has 0 unspecified atom stereocenters. The fourth-order valence-electron chi connectivity index (χ4n) is 1.91. The van der Waals surface area contributed by atoms with E-state index in [4.69, 9.17) is 11.6 Å². The van der Waals surface area contributed by atoms with Gasteiger partial charge in [0, 0.05) is 17.8 Å². The molecule has 0 saturated heterocycles. The Bertz CT molecular complexity index is 704. The van der Waals surface area contributed by atoms with Crippen LogP contribution in [0.3, 0.4) is 0 Å². The predicted molar refractivity (Wildman–Crippen MR) is 76.5 cm³/mol. The molecule has 19 heavy (non-hydrogen) atoms. The van der Waals surface area contributed by atoms with Gasteiger partial charge in [-0.3, -0.25) is 0 Å². The Morgan fingerprint density at radius 2 is 1.84 bits per heavy atom. The Hall–Kier alpha value is -2.13. The minimum Gasteiger partial charge on any atom is -0.237 e. The van der Waals surface area contributed by atoms with Gasteiger partial charge >= 0.3 is 0 Å². The largest absolute Gasteiger partial charge is 0.237 e. The molecule has 3 rings (SSSR count). The fourth-order valence-corrected chi connectivity index (χ4v) is 2.13. The third-order valence-corrected chi connectivity index (χ3v) is 3.12. The van der Waals surface area contributed by atoms with Crippen LogP contribution in [0.1, 0.15) is 5.56 Å². The number of hydrogen-bond donors (Lipinski definition) is 0. The van der Waals surface area contributed by atoms with Crippen LogP contribution in [-0.4, -0.2) is 14.8 Å². The highest BCUT2D eigenvalue weighted by molar-refractivity contribution is 6.30. The van der Waals surface area contributed by atoms with Gasteiger partial charge < -0.3 is 0 Å². The Kier molecular flexibility index (Phi) is 3.05. The van der Waals surface area contributed by atoms with Crippen molar-refractivity contribution in [3.05, 3.63) is 65.4 Å². The minimum absolute atomic E-state index is 0.553. The molecule has 0 fully saturated rings. The molecule has 0 amide bonds.